The number of aldehydes is 1. The van der Waals surface area contributed by atoms with Crippen LogP contribution in [0.2, 0.25) is 0 Å². The molecule has 14 heavy (non-hydrogen) atoms. The summed E-state index contributed by atoms with van der Waals surface area (Å²) in [4.78, 5) is 14.2. The number of benzene rings is 1. The summed E-state index contributed by atoms with van der Waals surface area (Å²) in [6, 6.07) is 5.69. The molecule has 0 N–H and O–H groups in total. The first-order valence-corrected chi connectivity index (χ1v) is 3.96. The zero-order valence-corrected chi connectivity index (χ0v) is 7.11. The van der Waals surface area contributed by atoms with Gasteiger partial charge in [0.2, 0.25) is 5.89 Å². The summed E-state index contributed by atoms with van der Waals surface area (Å²) in [6.07, 6.45) is 1.89. The quantitative estimate of drug-likeness (QED) is 0.684. The molecule has 1 aromatic carbocycles. The maximum Gasteiger partial charge on any atom is 0.226 e. The highest BCUT2D eigenvalue weighted by Gasteiger charge is 2.05. The van der Waals surface area contributed by atoms with Crippen molar-refractivity contribution in [3.05, 3.63) is 42.0 Å². The van der Waals surface area contributed by atoms with E-state index in [1.807, 2.05) is 0 Å². The predicted octanol–water partition coefficient (Wildman–Crippen LogP) is 2.29. The molecular weight excluding hydrogens is 185 g/mol. The van der Waals surface area contributed by atoms with E-state index in [4.69, 9.17) is 4.42 Å². The van der Waals surface area contributed by atoms with E-state index in [1.54, 1.807) is 0 Å². The van der Waals surface area contributed by atoms with E-state index >= 15 is 0 Å². The van der Waals surface area contributed by atoms with E-state index in [-0.39, 0.29) is 11.6 Å². The standard InChI is InChI=1S/C10H6FNO2/c11-8-3-1-7(2-4-8)10-12-5-9(6-13)14-10/h1-6H. The first kappa shape index (κ1) is 8.62. The van der Waals surface area contributed by atoms with Crippen LogP contribution in [0.5, 0.6) is 0 Å². The molecule has 0 amide bonds. The molecule has 0 spiro atoms. The van der Waals surface area contributed by atoms with Crippen LogP contribution in [0.1, 0.15) is 10.6 Å². The minimum Gasteiger partial charge on any atom is -0.433 e. The second kappa shape index (κ2) is 3.41. The fourth-order valence-electron chi connectivity index (χ4n) is 1.07. The summed E-state index contributed by atoms with van der Waals surface area (Å²) in [6.45, 7) is 0. The van der Waals surface area contributed by atoms with Crippen molar-refractivity contribution in [2.75, 3.05) is 0 Å². The zero-order chi connectivity index (χ0) is 9.97. The highest BCUT2D eigenvalue weighted by atomic mass is 19.1. The largest absolute Gasteiger partial charge is 0.433 e. The number of rotatable bonds is 2. The Labute approximate surface area is 79.2 Å². The third-order valence-corrected chi connectivity index (χ3v) is 1.73. The number of aromatic nitrogens is 1. The van der Waals surface area contributed by atoms with Crippen LogP contribution in [0.15, 0.2) is 34.9 Å². The van der Waals surface area contributed by atoms with Crippen LogP contribution < -0.4 is 0 Å². The third-order valence-electron chi connectivity index (χ3n) is 1.73. The topological polar surface area (TPSA) is 43.1 Å². The van der Waals surface area contributed by atoms with Gasteiger partial charge in [-0.15, -0.1) is 0 Å². The van der Waals surface area contributed by atoms with Gasteiger partial charge in [0, 0.05) is 5.56 Å². The Bertz CT molecular complexity index is 447. The Balaban J connectivity index is 2.39. The molecule has 1 aromatic heterocycles. The smallest absolute Gasteiger partial charge is 0.226 e. The zero-order valence-electron chi connectivity index (χ0n) is 7.11. The van der Waals surface area contributed by atoms with Crippen molar-refractivity contribution in [3.63, 3.8) is 0 Å². The molecule has 0 aliphatic heterocycles. The molecule has 0 fully saturated rings. The molecule has 0 bridgehead atoms. The van der Waals surface area contributed by atoms with Crippen molar-refractivity contribution >= 4 is 6.29 Å². The molecule has 0 aliphatic rings. The molecule has 0 atom stereocenters. The lowest BCUT2D eigenvalue weighted by molar-refractivity contribution is 0.110. The minimum absolute atomic E-state index is 0.157. The molecule has 0 radical (unpaired) electrons. The molecule has 2 rings (SSSR count). The highest BCUT2D eigenvalue weighted by molar-refractivity contribution is 5.71. The van der Waals surface area contributed by atoms with Gasteiger partial charge in [-0.25, -0.2) is 9.37 Å². The van der Waals surface area contributed by atoms with Crippen LogP contribution in [0.25, 0.3) is 11.5 Å². The van der Waals surface area contributed by atoms with Gasteiger partial charge in [0.15, 0.2) is 12.0 Å². The molecule has 70 valence electrons. The maximum atomic E-state index is 12.6. The van der Waals surface area contributed by atoms with Crippen LogP contribution >= 0.6 is 0 Å². The summed E-state index contributed by atoms with van der Waals surface area (Å²) in [5.41, 5.74) is 0.638. The summed E-state index contributed by atoms with van der Waals surface area (Å²) in [5, 5.41) is 0. The van der Waals surface area contributed by atoms with Gasteiger partial charge in [0.1, 0.15) is 5.82 Å². The Morgan fingerprint density at radius 2 is 2.00 bits per heavy atom. The van der Waals surface area contributed by atoms with E-state index in [0.29, 0.717) is 17.7 Å². The Morgan fingerprint density at radius 1 is 1.29 bits per heavy atom. The second-order valence-electron chi connectivity index (χ2n) is 2.69. The number of nitrogens with zero attached hydrogens (tertiary/aromatic N) is 1. The van der Waals surface area contributed by atoms with E-state index in [9.17, 15) is 9.18 Å². The molecule has 2 aromatic rings. The number of hydrogen-bond donors (Lipinski definition) is 0. The minimum atomic E-state index is -0.323. The molecular formula is C10H6FNO2. The number of carbonyl (C=O) groups excluding carboxylic acids is 1. The number of hydrogen-bond acceptors (Lipinski definition) is 3. The van der Waals surface area contributed by atoms with Gasteiger partial charge < -0.3 is 4.42 Å². The fourth-order valence-corrected chi connectivity index (χ4v) is 1.07. The normalized spacial score (nSPS) is 10.1. The molecule has 0 saturated heterocycles. The Morgan fingerprint density at radius 3 is 2.57 bits per heavy atom. The molecule has 3 nitrogen and oxygen atoms in total. The molecule has 0 unspecified atom stereocenters. The number of halogens is 1. The predicted molar refractivity (Wildman–Crippen MR) is 47.3 cm³/mol. The van der Waals surface area contributed by atoms with Crippen molar-refractivity contribution in [2.24, 2.45) is 0 Å². The third kappa shape index (κ3) is 1.54. The van der Waals surface area contributed by atoms with E-state index in [2.05, 4.69) is 4.98 Å². The highest BCUT2D eigenvalue weighted by Crippen LogP contribution is 2.18. The van der Waals surface area contributed by atoms with Crippen LogP contribution in [-0.4, -0.2) is 11.3 Å². The van der Waals surface area contributed by atoms with Crippen LogP contribution in [0, 0.1) is 5.82 Å². The lowest BCUT2D eigenvalue weighted by atomic mass is 10.2. The Hall–Kier alpha value is -1.97. The number of oxazole rings is 1. The van der Waals surface area contributed by atoms with Gasteiger partial charge in [-0.1, -0.05) is 0 Å². The average Bonchev–Trinajstić information content (AvgIpc) is 2.67. The van der Waals surface area contributed by atoms with Gasteiger partial charge in [-0.2, -0.15) is 0 Å². The summed E-state index contributed by atoms with van der Waals surface area (Å²) >= 11 is 0. The van der Waals surface area contributed by atoms with Gasteiger partial charge in [-0.3, -0.25) is 4.79 Å². The first-order chi connectivity index (χ1) is 6.79. The summed E-state index contributed by atoms with van der Waals surface area (Å²) < 4.78 is 17.6. The average molecular weight is 191 g/mol. The van der Waals surface area contributed by atoms with Gasteiger partial charge in [0.25, 0.3) is 0 Å². The molecule has 0 saturated carbocycles. The van der Waals surface area contributed by atoms with E-state index in [1.165, 1.54) is 30.5 Å². The fraction of sp³-hybridized carbons (Fsp3) is 0. The molecule has 4 heteroatoms. The summed E-state index contributed by atoms with van der Waals surface area (Å²) in [7, 11) is 0. The van der Waals surface area contributed by atoms with Crippen molar-refractivity contribution < 1.29 is 13.6 Å². The monoisotopic (exact) mass is 191 g/mol. The number of carbonyl (C=O) groups is 1. The van der Waals surface area contributed by atoms with Crippen LogP contribution in [-0.2, 0) is 0 Å². The first-order valence-electron chi connectivity index (χ1n) is 3.96. The van der Waals surface area contributed by atoms with E-state index in [0.717, 1.165) is 0 Å². The van der Waals surface area contributed by atoms with Crippen molar-refractivity contribution in [2.45, 2.75) is 0 Å². The van der Waals surface area contributed by atoms with Crippen molar-refractivity contribution in [1.82, 2.24) is 4.98 Å². The van der Waals surface area contributed by atoms with Crippen LogP contribution in [0.4, 0.5) is 4.39 Å². The maximum absolute atomic E-state index is 12.6. The van der Waals surface area contributed by atoms with E-state index < -0.39 is 0 Å². The van der Waals surface area contributed by atoms with Crippen molar-refractivity contribution in [3.8, 4) is 11.5 Å². The van der Waals surface area contributed by atoms with Gasteiger partial charge in [-0.05, 0) is 24.3 Å². The lowest BCUT2D eigenvalue weighted by Crippen LogP contribution is -1.77. The lowest BCUT2D eigenvalue weighted by Gasteiger charge is -1.93. The second-order valence-corrected chi connectivity index (χ2v) is 2.69. The van der Waals surface area contributed by atoms with Crippen LogP contribution in [0.3, 0.4) is 0 Å². The molecule has 0 aliphatic carbocycles. The molecule has 1 heterocycles. The Kier molecular flexibility index (Phi) is 2.10. The van der Waals surface area contributed by atoms with Gasteiger partial charge in [0.05, 0.1) is 6.20 Å². The summed E-state index contributed by atoms with van der Waals surface area (Å²) in [5.74, 6) is 0.146. The van der Waals surface area contributed by atoms with Gasteiger partial charge >= 0.3 is 0 Å². The SMILES string of the molecule is O=Cc1cnc(-c2ccc(F)cc2)o1. The van der Waals surface area contributed by atoms with Crippen molar-refractivity contribution in [1.29, 1.82) is 0 Å².